The minimum atomic E-state index is -0.335. The molecular weight excluding hydrogens is 238 g/mol. The van der Waals surface area contributed by atoms with Crippen LogP contribution in [0.5, 0.6) is 0 Å². The zero-order chi connectivity index (χ0) is 12.3. The van der Waals surface area contributed by atoms with Gasteiger partial charge in [0.15, 0.2) is 5.82 Å². The Hall–Kier alpha value is -1.81. The third-order valence-corrected chi connectivity index (χ3v) is 3.40. The van der Waals surface area contributed by atoms with E-state index in [0.717, 1.165) is 37.5 Å². The molecule has 6 nitrogen and oxygen atoms in total. The summed E-state index contributed by atoms with van der Waals surface area (Å²) in [6.45, 7) is 1.86. The number of hydrogen-bond donors (Lipinski definition) is 2. The molecule has 1 fully saturated rings. The molecule has 2 N–H and O–H groups in total. The van der Waals surface area contributed by atoms with Crippen molar-refractivity contribution in [3.8, 4) is 6.07 Å². The fraction of sp³-hybridized carbons (Fsp3) is 0.500. The van der Waals surface area contributed by atoms with Gasteiger partial charge in [-0.25, -0.2) is 4.79 Å². The number of urea groups is 1. The molecule has 2 rings (SSSR count). The summed E-state index contributed by atoms with van der Waals surface area (Å²) in [6.07, 6.45) is 2.25. The highest BCUT2D eigenvalue weighted by molar-refractivity contribution is 7.11. The molecule has 7 heteroatoms. The van der Waals surface area contributed by atoms with Crippen LogP contribution < -0.4 is 15.5 Å². The van der Waals surface area contributed by atoms with E-state index in [-0.39, 0.29) is 6.03 Å². The van der Waals surface area contributed by atoms with E-state index >= 15 is 0 Å². The highest BCUT2D eigenvalue weighted by atomic mass is 32.1. The normalized spacial score (nSPS) is 14.5. The molecule has 0 saturated carbocycles. The van der Waals surface area contributed by atoms with Gasteiger partial charge < -0.3 is 10.2 Å². The molecule has 0 aromatic carbocycles. The third-order valence-electron chi connectivity index (χ3n) is 2.65. The monoisotopic (exact) mass is 251 g/mol. The Bertz CT molecular complexity index is 458. The largest absolute Gasteiger partial charge is 0.355 e. The van der Waals surface area contributed by atoms with Crippen molar-refractivity contribution in [2.75, 3.05) is 30.4 Å². The standard InChI is InChI=1S/C10H13N5OS/c1-12-10(16)13-9-7(6-11)8(14-17-9)15-4-2-3-5-15/h2-5H2,1H3,(H2,12,13,16). The molecule has 0 radical (unpaired) electrons. The molecule has 1 aromatic heterocycles. The Morgan fingerprint density at radius 3 is 2.82 bits per heavy atom. The SMILES string of the molecule is CNC(=O)Nc1snc(N2CCCC2)c1C#N. The van der Waals surface area contributed by atoms with Crippen LogP contribution >= 0.6 is 11.5 Å². The third kappa shape index (κ3) is 2.31. The maximum Gasteiger partial charge on any atom is 0.319 e. The summed E-state index contributed by atoms with van der Waals surface area (Å²) in [5, 5.41) is 14.7. The summed E-state index contributed by atoms with van der Waals surface area (Å²) < 4.78 is 4.26. The van der Waals surface area contributed by atoms with E-state index in [1.54, 1.807) is 0 Å². The minimum absolute atomic E-state index is 0.335. The first kappa shape index (κ1) is 11.7. The average Bonchev–Trinajstić information content (AvgIpc) is 2.96. The first-order valence-corrected chi connectivity index (χ1v) is 6.17. The van der Waals surface area contributed by atoms with Gasteiger partial charge >= 0.3 is 6.03 Å². The van der Waals surface area contributed by atoms with Gasteiger partial charge in [-0.05, 0) is 24.4 Å². The van der Waals surface area contributed by atoms with Crippen molar-refractivity contribution >= 4 is 28.4 Å². The van der Waals surface area contributed by atoms with E-state index in [1.807, 2.05) is 0 Å². The second-order valence-corrected chi connectivity index (χ2v) is 4.49. The molecule has 0 spiro atoms. The van der Waals surface area contributed by atoms with E-state index in [4.69, 9.17) is 5.26 Å². The van der Waals surface area contributed by atoms with E-state index in [2.05, 4.69) is 26.0 Å². The number of amides is 2. The van der Waals surface area contributed by atoms with Gasteiger partial charge in [-0.1, -0.05) is 0 Å². The van der Waals surface area contributed by atoms with Gasteiger partial charge in [-0.15, -0.1) is 0 Å². The molecule has 1 aliphatic rings. The van der Waals surface area contributed by atoms with Crippen LogP contribution in [0.1, 0.15) is 18.4 Å². The molecular formula is C10H13N5OS. The van der Waals surface area contributed by atoms with Crippen LogP contribution in [0, 0.1) is 11.3 Å². The topological polar surface area (TPSA) is 81.1 Å². The fourth-order valence-electron chi connectivity index (χ4n) is 1.78. The molecule has 0 unspecified atom stereocenters. The molecule has 2 amide bonds. The second-order valence-electron chi connectivity index (χ2n) is 3.72. The number of nitrogens with one attached hydrogen (secondary N) is 2. The summed E-state index contributed by atoms with van der Waals surface area (Å²) >= 11 is 1.15. The Balaban J connectivity index is 2.24. The average molecular weight is 251 g/mol. The van der Waals surface area contributed by atoms with E-state index in [9.17, 15) is 4.79 Å². The van der Waals surface area contributed by atoms with Crippen LogP contribution in [0.4, 0.5) is 15.6 Å². The van der Waals surface area contributed by atoms with E-state index < -0.39 is 0 Å². The highest BCUT2D eigenvalue weighted by Crippen LogP contribution is 2.32. The Labute approximate surface area is 103 Å². The van der Waals surface area contributed by atoms with Crippen LogP contribution in [0.2, 0.25) is 0 Å². The molecule has 1 aliphatic heterocycles. The Morgan fingerprint density at radius 1 is 1.53 bits per heavy atom. The molecule has 0 aliphatic carbocycles. The van der Waals surface area contributed by atoms with Gasteiger partial charge in [0.1, 0.15) is 16.6 Å². The summed E-state index contributed by atoms with van der Waals surface area (Å²) in [5.41, 5.74) is 0.459. The predicted molar refractivity (Wildman–Crippen MR) is 66.4 cm³/mol. The first-order chi connectivity index (χ1) is 8.26. The van der Waals surface area contributed by atoms with Gasteiger partial charge in [-0.2, -0.15) is 9.64 Å². The summed E-state index contributed by atoms with van der Waals surface area (Å²) in [5.74, 6) is 0.696. The lowest BCUT2D eigenvalue weighted by Gasteiger charge is -2.14. The Kier molecular flexibility index (Phi) is 3.44. The van der Waals surface area contributed by atoms with Gasteiger partial charge in [0.05, 0.1) is 0 Å². The quantitative estimate of drug-likeness (QED) is 0.831. The lowest BCUT2D eigenvalue weighted by atomic mass is 10.3. The first-order valence-electron chi connectivity index (χ1n) is 5.39. The van der Waals surface area contributed by atoms with E-state index in [0.29, 0.717) is 16.4 Å². The van der Waals surface area contributed by atoms with Crippen LogP contribution in [-0.2, 0) is 0 Å². The van der Waals surface area contributed by atoms with Gasteiger partial charge in [0.2, 0.25) is 0 Å². The van der Waals surface area contributed by atoms with Crippen LogP contribution in [-0.4, -0.2) is 30.5 Å². The van der Waals surface area contributed by atoms with Gasteiger partial charge in [0.25, 0.3) is 0 Å². The number of nitrogens with zero attached hydrogens (tertiary/aromatic N) is 3. The Morgan fingerprint density at radius 2 is 2.24 bits per heavy atom. The number of carbonyl (C=O) groups is 1. The van der Waals surface area contributed by atoms with Crippen LogP contribution in [0.25, 0.3) is 0 Å². The summed E-state index contributed by atoms with van der Waals surface area (Å²) in [7, 11) is 1.53. The maximum atomic E-state index is 11.2. The number of nitriles is 1. The van der Waals surface area contributed by atoms with Gasteiger partial charge in [-0.3, -0.25) is 5.32 Å². The number of hydrogen-bond acceptors (Lipinski definition) is 5. The van der Waals surface area contributed by atoms with E-state index in [1.165, 1.54) is 7.05 Å². The highest BCUT2D eigenvalue weighted by Gasteiger charge is 2.22. The predicted octanol–water partition coefficient (Wildman–Crippen LogP) is 1.37. The molecule has 1 saturated heterocycles. The van der Waals surface area contributed by atoms with Crippen LogP contribution in [0.3, 0.4) is 0 Å². The van der Waals surface area contributed by atoms with Crippen LogP contribution in [0.15, 0.2) is 0 Å². The second kappa shape index (κ2) is 5.01. The molecule has 17 heavy (non-hydrogen) atoms. The zero-order valence-corrected chi connectivity index (χ0v) is 10.3. The summed E-state index contributed by atoms with van der Waals surface area (Å²) in [4.78, 5) is 13.3. The zero-order valence-electron chi connectivity index (χ0n) is 9.49. The minimum Gasteiger partial charge on any atom is -0.355 e. The number of aromatic nitrogens is 1. The molecule has 2 heterocycles. The van der Waals surface area contributed by atoms with Crippen molar-refractivity contribution in [3.05, 3.63) is 5.56 Å². The molecule has 0 bridgehead atoms. The number of carbonyl (C=O) groups excluding carboxylic acids is 1. The molecule has 1 aromatic rings. The lowest BCUT2D eigenvalue weighted by Crippen LogP contribution is -2.24. The van der Waals surface area contributed by atoms with Crippen molar-refractivity contribution in [2.45, 2.75) is 12.8 Å². The van der Waals surface area contributed by atoms with Crippen molar-refractivity contribution < 1.29 is 4.79 Å². The maximum absolute atomic E-state index is 11.2. The van der Waals surface area contributed by atoms with Gasteiger partial charge in [0, 0.05) is 20.1 Å². The number of rotatable bonds is 2. The van der Waals surface area contributed by atoms with Crippen molar-refractivity contribution in [2.24, 2.45) is 0 Å². The van der Waals surface area contributed by atoms with Crippen molar-refractivity contribution in [3.63, 3.8) is 0 Å². The molecule has 0 atom stereocenters. The molecule has 90 valence electrons. The summed E-state index contributed by atoms with van der Waals surface area (Å²) in [6, 6.07) is 1.78. The van der Waals surface area contributed by atoms with Crippen molar-refractivity contribution in [1.29, 1.82) is 5.26 Å². The fourth-order valence-corrected chi connectivity index (χ4v) is 2.53. The number of anilines is 2. The van der Waals surface area contributed by atoms with Crippen molar-refractivity contribution in [1.82, 2.24) is 9.69 Å². The smallest absolute Gasteiger partial charge is 0.319 e. The lowest BCUT2D eigenvalue weighted by molar-refractivity contribution is 0.254.